The van der Waals surface area contributed by atoms with Crippen LogP contribution in [0.3, 0.4) is 0 Å². The Morgan fingerprint density at radius 2 is 2.07 bits per heavy atom. The molecule has 0 aromatic carbocycles. The van der Waals surface area contributed by atoms with E-state index in [1.807, 2.05) is 0 Å². The Labute approximate surface area is 91.2 Å². The van der Waals surface area contributed by atoms with E-state index < -0.39 is 5.82 Å². The zero-order valence-corrected chi connectivity index (χ0v) is 8.82. The van der Waals surface area contributed by atoms with Crippen molar-refractivity contribution in [2.24, 2.45) is 11.7 Å². The number of halogens is 3. The van der Waals surface area contributed by atoms with Gasteiger partial charge in [-0.1, -0.05) is 23.2 Å². The average Bonchev–Trinajstić information content (AvgIpc) is 2.93. The molecule has 2 rings (SSSR count). The van der Waals surface area contributed by atoms with Crippen molar-refractivity contribution in [1.29, 1.82) is 0 Å². The molecule has 0 saturated heterocycles. The molecule has 0 spiro atoms. The number of pyridine rings is 1. The Kier molecular flexibility index (Phi) is 2.64. The van der Waals surface area contributed by atoms with E-state index in [1.54, 1.807) is 0 Å². The summed E-state index contributed by atoms with van der Waals surface area (Å²) >= 11 is 11.3. The highest BCUT2D eigenvalue weighted by Gasteiger charge is 2.31. The van der Waals surface area contributed by atoms with Gasteiger partial charge in [0.05, 0.1) is 0 Å². The summed E-state index contributed by atoms with van der Waals surface area (Å²) in [7, 11) is 0. The van der Waals surface area contributed by atoms with Gasteiger partial charge in [0.1, 0.15) is 5.15 Å². The summed E-state index contributed by atoms with van der Waals surface area (Å²) in [5, 5.41) is -0.00227. The van der Waals surface area contributed by atoms with Crippen LogP contribution in [-0.2, 0) is 0 Å². The highest BCUT2D eigenvalue weighted by molar-refractivity contribution is 6.33. The van der Waals surface area contributed by atoms with Crippen LogP contribution in [0.4, 0.5) is 4.39 Å². The normalized spacial score (nSPS) is 18.3. The monoisotopic (exact) mass is 234 g/mol. The topological polar surface area (TPSA) is 38.9 Å². The van der Waals surface area contributed by atoms with E-state index in [1.165, 1.54) is 6.07 Å². The van der Waals surface area contributed by atoms with Crippen molar-refractivity contribution in [2.45, 2.75) is 18.9 Å². The summed E-state index contributed by atoms with van der Waals surface area (Å²) in [6.07, 6.45) is 2.14. The SMILES string of the molecule is NC(c1cc(F)c(Cl)nc1Cl)C1CC1. The van der Waals surface area contributed by atoms with Crippen molar-refractivity contribution < 1.29 is 4.39 Å². The van der Waals surface area contributed by atoms with Crippen molar-refractivity contribution in [3.63, 3.8) is 0 Å². The molecule has 1 aliphatic carbocycles. The third-order valence-corrected chi connectivity index (χ3v) is 2.97. The zero-order valence-electron chi connectivity index (χ0n) is 7.30. The Hall–Kier alpha value is -0.380. The van der Waals surface area contributed by atoms with Crippen molar-refractivity contribution >= 4 is 23.2 Å². The molecule has 1 aliphatic rings. The zero-order chi connectivity index (χ0) is 10.3. The molecule has 76 valence electrons. The first-order valence-corrected chi connectivity index (χ1v) is 5.12. The molecular weight excluding hydrogens is 226 g/mol. The molecule has 1 atom stereocenters. The second-order valence-corrected chi connectivity index (χ2v) is 4.22. The van der Waals surface area contributed by atoms with Gasteiger partial charge in [-0.15, -0.1) is 0 Å². The van der Waals surface area contributed by atoms with Gasteiger partial charge in [0.15, 0.2) is 11.0 Å². The largest absolute Gasteiger partial charge is 0.324 e. The van der Waals surface area contributed by atoms with Crippen LogP contribution < -0.4 is 5.73 Å². The first-order valence-electron chi connectivity index (χ1n) is 4.36. The fourth-order valence-corrected chi connectivity index (χ4v) is 1.85. The molecule has 2 N–H and O–H groups in total. The van der Waals surface area contributed by atoms with Gasteiger partial charge in [-0.3, -0.25) is 0 Å². The van der Waals surface area contributed by atoms with Crippen LogP contribution in [0, 0.1) is 11.7 Å². The van der Waals surface area contributed by atoms with Gasteiger partial charge in [0.2, 0.25) is 0 Å². The lowest BCUT2D eigenvalue weighted by atomic mass is 10.1. The number of hydrogen-bond donors (Lipinski definition) is 1. The van der Waals surface area contributed by atoms with E-state index in [0.29, 0.717) is 11.5 Å². The number of rotatable bonds is 2. The van der Waals surface area contributed by atoms with Crippen molar-refractivity contribution in [3.05, 3.63) is 27.8 Å². The van der Waals surface area contributed by atoms with E-state index in [2.05, 4.69) is 4.98 Å². The predicted molar refractivity (Wildman–Crippen MR) is 53.9 cm³/mol. The molecule has 2 nitrogen and oxygen atoms in total. The standard InChI is InChI=1S/C9H9Cl2FN2/c10-8-5(7(13)4-1-2-4)3-6(12)9(11)14-8/h3-4,7H,1-2,13H2. The van der Waals surface area contributed by atoms with Gasteiger partial charge in [-0.25, -0.2) is 9.37 Å². The van der Waals surface area contributed by atoms with Crippen LogP contribution in [0.5, 0.6) is 0 Å². The number of nitrogens with two attached hydrogens (primary N) is 1. The maximum Gasteiger partial charge on any atom is 0.166 e. The van der Waals surface area contributed by atoms with Crippen LogP contribution in [0.25, 0.3) is 0 Å². The van der Waals surface area contributed by atoms with Crippen molar-refractivity contribution in [1.82, 2.24) is 4.98 Å². The lowest BCUT2D eigenvalue weighted by molar-refractivity contribution is 0.594. The molecule has 14 heavy (non-hydrogen) atoms. The maximum atomic E-state index is 13.1. The third kappa shape index (κ3) is 1.85. The second kappa shape index (κ2) is 3.65. The first-order chi connectivity index (χ1) is 6.59. The Balaban J connectivity index is 2.36. The molecule has 1 fully saturated rings. The summed E-state index contributed by atoms with van der Waals surface area (Å²) in [4.78, 5) is 3.68. The summed E-state index contributed by atoms with van der Waals surface area (Å²) in [6, 6.07) is 1.06. The lowest BCUT2D eigenvalue weighted by Gasteiger charge is -2.12. The summed E-state index contributed by atoms with van der Waals surface area (Å²) in [5.74, 6) is -0.156. The quantitative estimate of drug-likeness (QED) is 0.800. The Morgan fingerprint density at radius 3 is 2.64 bits per heavy atom. The minimum atomic E-state index is -0.567. The molecule has 0 aliphatic heterocycles. The fraction of sp³-hybridized carbons (Fsp3) is 0.444. The highest BCUT2D eigenvalue weighted by atomic mass is 35.5. The molecular formula is C9H9Cl2FN2. The van der Waals surface area contributed by atoms with Gasteiger partial charge in [0.25, 0.3) is 0 Å². The predicted octanol–water partition coefficient (Wildman–Crippen LogP) is 2.94. The summed E-state index contributed by atoms with van der Waals surface area (Å²) in [6.45, 7) is 0. The van der Waals surface area contributed by atoms with Crippen LogP contribution >= 0.6 is 23.2 Å². The molecule has 1 heterocycles. The molecule has 1 unspecified atom stereocenters. The smallest absolute Gasteiger partial charge is 0.166 e. The molecule has 1 aromatic rings. The number of hydrogen-bond acceptors (Lipinski definition) is 2. The minimum absolute atomic E-state index is 0.204. The molecule has 0 radical (unpaired) electrons. The second-order valence-electron chi connectivity index (χ2n) is 3.50. The third-order valence-electron chi connectivity index (χ3n) is 2.40. The van der Waals surface area contributed by atoms with E-state index in [9.17, 15) is 4.39 Å². The van der Waals surface area contributed by atoms with Crippen LogP contribution in [0.2, 0.25) is 10.3 Å². The minimum Gasteiger partial charge on any atom is -0.324 e. The van der Waals surface area contributed by atoms with Gasteiger partial charge in [0, 0.05) is 11.6 Å². The van der Waals surface area contributed by atoms with Gasteiger partial charge < -0.3 is 5.73 Å². The van der Waals surface area contributed by atoms with E-state index in [-0.39, 0.29) is 16.3 Å². The van der Waals surface area contributed by atoms with Crippen molar-refractivity contribution in [3.8, 4) is 0 Å². The van der Waals surface area contributed by atoms with E-state index in [4.69, 9.17) is 28.9 Å². The van der Waals surface area contributed by atoms with Crippen LogP contribution in [-0.4, -0.2) is 4.98 Å². The maximum absolute atomic E-state index is 13.1. The Bertz CT molecular complexity index is 366. The first kappa shape index (κ1) is 10.1. The van der Waals surface area contributed by atoms with Gasteiger partial charge in [-0.05, 0) is 24.8 Å². The van der Waals surface area contributed by atoms with Gasteiger partial charge in [-0.2, -0.15) is 0 Å². The molecule has 5 heteroatoms. The Morgan fingerprint density at radius 1 is 1.43 bits per heavy atom. The number of aromatic nitrogens is 1. The molecule has 0 amide bonds. The fourth-order valence-electron chi connectivity index (χ4n) is 1.40. The van der Waals surface area contributed by atoms with Crippen LogP contribution in [0.1, 0.15) is 24.4 Å². The molecule has 1 aromatic heterocycles. The lowest BCUT2D eigenvalue weighted by Crippen LogP contribution is -2.14. The van der Waals surface area contributed by atoms with Crippen LogP contribution in [0.15, 0.2) is 6.07 Å². The summed E-state index contributed by atoms with van der Waals surface area (Å²) in [5.41, 5.74) is 6.44. The molecule has 1 saturated carbocycles. The van der Waals surface area contributed by atoms with Gasteiger partial charge >= 0.3 is 0 Å². The average molecular weight is 235 g/mol. The van der Waals surface area contributed by atoms with E-state index in [0.717, 1.165) is 12.8 Å². The summed E-state index contributed by atoms with van der Waals surface area (Å²) < 4.78 is 13.1. The highest BCUT2D eigenvalue weighted by Crippen LogP contribution is 2.41. The van der Waals surface area contributed by atoms with E-state index >= 15 is 0 Å². The molecule has 0 bridgehead atoms. The number of nitrogens with zero attached hydrogens (tertiary/aromatic N) is 1. The van der Waals surface area contributed by atoms with Crippen molar-refractivity contribution in [2.75, 3.05) is 0 Å².